The number of hydrogen-bond donors (Lipinski definition) is 0. The van der Waals surface area contributed by atoms with E-state index in [1.807, 2.05) is 43.3 Å². The number of nitrogens with zero attached hydrogens (tertiary/aromatic N) is 4. The second-order valence-electron chi connectivity index (χ2n) is 9.22. The first-order valence-corrected chi connectivity index (χ1v) is 12.4. The van der Waals surface area contributed by atoms with Crippen molar-refractivity contribution in [2.24, 2.45) is 4.99 Å². The Balaban J connectivity index is 1.23. The largest absolute Gasteiger partial charge is 0.487 e. The van der Waals surface area contributed by atoms with E-state index in [1.165, 1.54) is 18.9 Å². The van der Waals surface area contributed by atoms with Crippen LogP contribution in [0.1, 0.15) is 26.2 Å². The van der Waals surface area contributed by atoms with Gasteiger partial charge in [0.2, 0.25) is 5.88 Å². The van der Waals surface area contributed by atoms with Gasteiger partial charge in [0.1, 0.15) is 19.0 Å². The maximum atomic E-state index is 12.8. The predicted molar refractivity (Wildman–Crippen MR) is 139 cm³/mol. The van der Waals surface area contributed by atoms with Crippen LogP contribution in [0.25, 0.3) is 16.6 Å². The van der Waals surface area contributed by atoms with Crippen LogP contribution >= 0.6 is 11.6 Å². The zero-order valence-electron chi connectivity index (χ0n) is 19.8. The third kappa shape index (κ3) is 5.92. The molecule has 1 aromatic carbocycles. The highest BCUT2D eigenvalue weighted by Gasteiger charge is 2.20. The monoisotopic (exact) mass is 492 g/mol. The topological polar surface area (TPSA) is 69.0 Å². The average molecular weight is 493 g/mol. The number of halogens is 1. The zero-order valence-corrected chi connectivity index (χ0v) is 20.6. The first kappa shape index (κ1) is 23.6. The number of ether oxygens (including phenoxy) is 2. The highest BCUT2D eigenvalue weighted by atomic mass is 35.5. The third-order valence-corrected chi connectivity index (χ3v) is 6.55. The van der Waals surface area contributed by atoms with Crippen molar-refractivity contribution in [3.63, 3.8) is 0 Å². The van der Waals surface area contributed by atoms with Crippen molar-refractivity contribution in [1.82, 2.24) is 14.5 Å². The molecule has 1 unspecified atom stereocenters. The fourth-order valence-corrected chi connectivity index (χ4v) is 4.39. The summed E-state index contributed by atoms with van der Waals surface area (Å²) in [5.41, 5.74) is 2.22. The molecule has 8 heteroatoms. The molecule has 7 nitrogen and oxygen atoms in total. The molecule has 3 aromatic rings. The minimum absolute atomic E-state index is 0.175. The number of benzene rings is 1. The number of aliphatic imine (C=N–C) groups is 1. The van der Waals surface area contributed by atoms with E-state index < -0.39 is 4.87 Å². The summed E-state index contributed by atoms with van der Waals surface area (Å²) in [7, 11) is 0. The molecule has 2 aliphatic rings. The SMILES string of the molecule is CC1(Cl)C=NC(COc2ccn(-c3ccc4nc(OCCN5CCCC5)ccc4c3)c(=O)c2)=CC1. The second-order valence-corrected chi connectivity index (χ2v) is 10.1. The molecule has 2 aromatic heterocycles. The minimum atomic E-state index is -0.443. The van der Waals surface area contributed by atoms with Crippen LogP contribution in [-0.4, -0.2) is 58.4 Å². The fraction of sp³-hybridized carbons (Fsp3) is 0.370. The van der Waals surface area contributed by atoms with Gasteiger partial charge in [0.15, 0.2) is 0 Å². The van der Waals surface area contributed by atoms with Crippen LogP contribution in [0, 0.1) is 0 Å². The van der Waals surface area contributed by atoms with Crippen LogP contribution in [0.2, 0.25) is 0 Å². The van der Waals surface area contributed by atoms with E-state index in [0.29, 0.717) is 24.7 Å². The Morgan fingerprint density at radius 2 is 1.94 bits per heavy atom. The maximum Gasteiger partial charge on any atom is 0.258 e. The highest BCUT2D eigenvalue weighted by Crippen LogP contribution is 2.24. The Morgan fingerprint density at radius 3 is 2.71 bits per heavy atom. The molecule has 182 valence electrons. The molecule has 0 spiro atoms. The molecule has 0 amide bonds. The predicted octanol–water partition coefficient (Wildman–Crippen LogP) is 4.60. The van der Waals surface area contributed by atoms with Crippen LogP contribution in [0.5, 0.6) is 11.6 Å². The lowest BCUT2D eigenvalue weighted by molar-refractivity contribution is 0.232. The number of pyridine rings is 2. The Kier molecular flexibility index (Phi) is 6.88. The van der Waals surface area contributed by atoms with Gasteiger partial charge in [-0.3, -0.25) is 19.3 Å². The van der Waals surface area contributed by atoms with Crippen molar-refractivity contribution in [3.05, 3.63) is 70.8 Å². The van der Waals surface area contributed by atoms with E-state index in [9.17, 15) is 4.79 Å². The van der Waals surface area contributed by atoms with Gasteiger partial charge in [-0.25, -0.2) is 4.98 Å². The fourth-order valence-electron chi connectivity index (χ4n) is 4.27. The van der Waals surface area contributed by atoms with Crippen LogP contribution in [-0.2, 0) is 0 Å². The lowest BCUT2D eigenvalue weighted by Crippen LogP contribution is -2.25. The summed E-state index contributed by atoms with van der Waals surface area (Å²) < 4.78 is 13.2. The van der Waals surface area contributed by atoms with E-state index in [0.717, 1.165) is 41.9 Å². The number of fused-ring (bicyclic) bond motifs is 1. The molecule has 1 saturated heterocycles. The van der Waals surface area contributed by atoms with E-state index in [1.54, 1.807) is 23.0 Å². The van der Waals surface area contributed by atoms with Gasteiger partial charge in [-0.2, -0.15) is 0 Å². The smallest absolute Gasteiger partial charge is 0.258 e. The van der Waals surface area contributed by atoms with E-state index in [2.05, 4.69) is 14.9 Å². The van der Waals surface area contributed by atoms with Crippen LogP contribution in [0.3, 0.4) is 0 Å². The van der Waals surface area contributed by atoms with Gasteiger partial charge in [-0.15, -0.1) is 11.6 Å². The number of rotatable bonds is 8. The van der Waals surface area contributed by atoms with Crippen LogP contribution in [0.15, 0.2) is 70.2 Å². The summed E-state index contributed by atoms with van der Waals surface area (Å²) in [6.45, 7) is 6.08. The molecule has 0 bridgehead atoms. The van der Waals surface area contributed by atoms with E-state index >= 15 is 0 Å². The molecule has 1 atom stereocenters. The summed E-state index contributed by atoms with van der Waals surface area (Å²) >= 11 is 6.25. The molecule has 1 fully saturated rings. The molecule has 0 aliphatic carbocycles. The first-order valence-electron chi connectivity index (χ1n) is 12.0. The molecule has 35 heavy (non-hydrogen) atoms. The van der Waals surface area contributed by atoms with Crippen molar-refractivity contribution in [1.29, 1.82) is 0 Å². The molecule has 0 saturated carbocycles. The van der Waals surface area contributed by atoms with Gasteiger partial charge in [0.25, 0.3) is 5.56 Å². The van der Waals surface area contributed by atoms with Crippen molar-refractivity contribution in [2.45, 2.75) is 31.1 Å². The van der Waals surface area contributed by atoms with E-state index in [4.69, 9.17) is 21.1 Å². The quantitative estimate of drug-likeness (QED) is 0.430. The number of allylic oxidation sites excluding steroid dienone is 1. The van der Waals surface area contributed by atoms with Crippen molar-refractivity contribution >= 4 is 28.7 Å². The van der Waals surface area contributed by atoms with Gasteiger partial charge in [0, 0.05) is 42.2 Å². The maximum absolute atomic E-state index is 12.8. The Bertz CT molecular complexity index is 1330. The van der Waals surface area contributed by atoms with Crippen LogP contribution in [0.4, 0.5) is 0 Å². The second kappa shape index (κ2) is 10.2. The van der Waals surface area contributed by atoms with Gasteiger partial charge < -0.3 is 9.47 Å². The van der Waals surface area contributed by atoms with Gasteiger partial charge >= 0.3 is 0 Å². The molecule has 4 heterocycles. The lowest BCUT2D eigenvalue weighted by Gasteiger charge is -2.19. The molecule has 0 N–H and O–H groups in total. The molecule has 5 rings (SSSR count). The van der Waals surface area contributed by atoms with Crippen molar-refractivity contribution in [2.75, 3.05) is 32.8 Å². The van der Waals surface area contributed by atoms with Gasteiger partial charge in [0.05, 0.1) is 16.1 Å². The Hall–Kier alpha value is -3.16. The number of alkyl halides is 1. The van der Waals surface area contributed by atoms with Crippen molar-refractivity contribution < 1.29 is 9.47 Å². The van der Waals surface area contributed by atoms with Gasteiger partial charge in [-0.05, 0) is 69.6 Å². The summed E-state index contributed by atoms with van der Waals surface area (Å²) in [6, 6.07) is 12.9. The molecular weight excluding hydrogens is 464 g/mol. The highest BCUT2D eigenvalue weighted by molar-refractivity contribution is 6.32. The number of likely N-dealkylation sites (tertiary alicyclic amines) is 1. The van der Waals surface area contributed by atoms with Gasteiger partial charge in [-0.1, -0.05) is 6.08 Å². The summed E-state index contributed by atoms with van der Waals surface area (Å²) in [4.78, 5) is 23.7. The zero-order chi connectivity index (χ0) is 24.3. The molecule has 2 aliphatic heterocycles. The summed E-state index contributed by atoms with van der Waals surface area (Å²) in [5.74, 6) is 1.12. The normalized spacial score (nSPS) is 20.2. The molecule has 0 radical (unpaired) electrons. The average Bonchev–Trinajstić information content (AvgIpc) is 3.37. The first-order chi connectivity index (χ1) is 16.9. The minimum Gasteiger partial charge on any atom is -0.487 e. The summed E-state index contributed by atoms with van der Waals surface area (Å²) in [6.07, 6.45) is 8.65. The summed E-state index contributed by atoms with van der Waals surface area (Å²) in [5, 5.41) is 0.940. The standard InChI is InChI=1S/C27H29ClN4O3/c1-27(28)10-8-21(29-19-27)18-35-23-9-13-32(26(33)17-23)22-5-6-24-20(16-22)4-7-25(30-24)34-15-14-31-11-2-3-12-31/h4-9,13,16-17,19H,2-3,10-12,14-15,18H2,1H3. The lowest BCUT2D eigenvalue weighted by atomic mass is 10.1. The van der Waals surface area contributed by atoms with E-state index in [-0.39, 0.29) is 12.2 Å². The Labute approximate surface area is 209 Å². The number of aromatic nitrogens is 2. The van der Waals surface area contributed by atoms with Crippen molar-refractivity contribution in [3.8, 4) is 17.3 Å². The number of hydrogen-bond acceptors (Lipinski definition) is 6. The Morgan fingerprint density at radius 1 is 1.09 bits per heavy atom. The van der Waals surface area contributed by atoms with Crippen LogP contribution < -0.4 is 15.0 Å². The molecular formula is C27H29ClN4O3. The third-order valence-electron chi connectivity index (χ3n) is 6.30.